The fourth-order valence-electron chi connectivity index (χ4n) is 2.37. The van der Waals surface area contributed by atoms with Gasteiger partial charge in [-0.3, -0.25) is 9.59 Å². The highest BCUT2D eigenvalue weighted by molar-refractivity contribution is 6.28. The van der Waals surface area contributed by atoms with Crippen LogP contribution >= 0.6 is 11.6 Å². The van der Waals surface area contributed by atoms with Gasteiger partial charge in [-0.15, -0.1) is 11.6 Å². The molecule has 1 heterocycles. The van der Waals surface area contributed by atoms with E-state index < -0.39 is 29.8 Å². The second-order valence-electron chi connectivity index (χ2n) is 4.45. The van der Waals surface area contributed by atoms with Crippen LogP contribution in [0.5, 0.6) is 0 Å². The lowest BCUT2D eigenvalue weighted by atomic mass is 9.90. The minimum absolute atomic E-state index is 0.150. The van der Waals surface area contributed by atoms with E-state index in [1.54, 1.807) is 24.3 Å². The normalized spacial score (nSPS) is 18.6. The maximum atomic E-state index is 12.6. The zero-order chi connectivity index (χ0) is 14.9. The van der Waals surface area contributed by atoms with Crippen LogP contribution in [0.1, 0.15) is 17.2 Å². The average molecular weight is 306 g/mol. The van der Waals surface area contributed by atoms with Crippen LogP contribution in [-0.2, 0) is 16.0 Å². The Kier molecular flexibility index (Phi) is 4.04. The molecule has 0 saturated carbocycles. The van der Waals surface area contributed by atoms with Crippen molar-refractivity contribution in [2.75, 3.05) is 12.4 Å². The van der Waals surface area contributed by atoms with Gasteiger partial charge in [0.15, 0.2) is 5.78 Å². The van der Waals surface area contributed by atoms with E-state index >= 15 is 0 Å². The van der Waals surface area contributed by atoms with Crippen molar-refractivity contribution in [3.05, 3.63) is 35.4 Å². The first-order valence-corrected chi connectivity index (χ1v) is 6.44. The molecule has 1 atom stereocenters. The number of benzene rings is 1. The van der Waals surface area contributed by atoms with Gasteiger partial charge in [0.05, 0.1) is 5.88 Å². The van der Waals surface area contributed by atoms with Gasteiger partial charge in [0.25, 0.3) is 0 Å². The maximum Gasteiger partial charge on any atom is 0.471 e. The Labute approximate surface area is 118 Å². The molecule has 2 rings (SSSR count). The van der Waals surface area contributed by atoms with Crippen LogP contribution in [0.15, 0.2) is 24.3 Å². The molecule has 3 nitrogen and oxygen atoms in total. The minimum atomic E-state index is -5.00. The summed E-state index contributed by atoms with van der Waals surface area (Å²) in [5.41, 5.74) is 1.18. The predicted octanol–water partition coefficient (Wildman–Crippen LogP) is 2.48. The van der Waals surface area contributed by atoms with Gasteiger partial charge in [-0.2, -0.15) is 13.2 Å². The number of fused-ring (bicyclic) bond motifs is 1. The van der Waals surface area contributed by atoms with Crippen molar-refractivity contribution in [2.24, 2.45) is 0 Å². The summed E-state index contributed by atoms with van der Waals surface area (Å²) in [5.74, 6) is -3.06. The molecule has 0 spiro atoms. The van der Waals surface area contributed by atoms with E-state index in [-0.39, 0.29) is 13.0 Å². The standard InChI is InChI=1S/C13H11ClF3NO2/c14-7-10(19)11-9-4-2-1-3-8(9)5-6-18(11)12(20)13(15,16)17/h1-4,11H,5-7H2. The lowest BCUT2D eigenvalue weighted by molar-refractivity contribution is -0.188. The Morgan fingerprint density at radius 1 is 1.30 bits per heavy atom. The van der Waals surface area contributed by atoms with Gasteiger partial charge in [0.1, 0.15) is 6.04 Å². The quantitative estimate of drug-likeness (QED) is 0.787. The second kappa shape index (κ2) is 5.44. The highest BCUT2D eigenvalue weighted by Gasteiger charge is 2.47. The first kappa shape index (κ1) is 14.8. The van der Waals surface area contributed by atoms with Crippen LogP contribution in [0.2, 0.25) is 0 Å². The lowest BCUT2D eigenvalue weighted by Crippen LogP contribution is -2.49. The van der Waals surface area contributed by atoms with E-state index in [1.165, 1.54) is 0 Å². The number of nitrogens with zero attached hydrogens (tertiary/aromatic N) is 1. The smallest absolute Gasteiger partial charge is 0.320 e. The number of ketones is 1. The summed E-state index contributed by atoms with van der Waals surface area (Å²) in [5, 5.41) is 0. The van der Waals surface area contributed by atoms with E-state index in [2.05, 4.69) is 0 Å². The summed E-state index contributed by atoms with van der Waals surface area (Å²) in [6.45, 7) is -0.150. The van der Waals surface area contributed by atoms with Crippen LogP contribution in [0.3, 0.4) is 0 Å². The highest BCUT2D eigenvalue weighted by atomic mass is 35.5. The van der Waals surface area contributed by atoms with Crippen LogP contribution in [0.25, 0.3) is 0 Å². The molecule has 7 heteroatoms. The number of carbonyl (C=O) groups excluding carboxylic acids is 2. The summed E-state index contributed by atoms with van der Waals surface area (Å²) in [6.07, 6.45) is -4.72. The van der Waals surface area contributed by atoms with Crippen LogP contribution in [-0.4, -0.2) is 35.2 Å². The van der Waals surface area contributed by atoms with Crippen molar-refractivity contribution in [3.63, 3.8) is 0 Å². The van der Waals surface area contributed by atoms with Gasteiger partial charge in [-0.05, 0) is 17.5 Å². The van der Waals surface area contributed by atoms with E-state index in [4.69, 9.17) is 11.6 Å². The summed E-state index contributed by atoms with van der Waals surface area (Å²) in [7, 11) is 0. The number of carbonyl (C=O) groups is 2. The molecule has 0 fully saturated rings. The number of Topliss-reactive ketones (excluding diaryl/α,β-unsaturated/α-hetero) is 1. The Morgan fingerprint density at radius 3 is 2.55 bits per heavy atom. The largest absolute Gasteiger partial charge is 0.471 e. The molecule has 1 aromatic rings. The molecule has 108 valence electrons. The molecular formula is C13H11ClF3NO2. The third kappa shape index (κ3) is 2.65. The Bertz CT molecular complexity index is 545. The van der Waals surface area contributed by atoms with Gasteiger partial charge in [0.2, 0.25) is 0 Å². The molecule has 0 radical (unpaired) electrons. The Morgan fingerprint density at radius 2 is 1.95 bits per heavy atom. The van der Waals surface area contributed by atoms with Crippen LogP contribution < -0.4 is 0 Å². The molecule has 1 amide bonds. The molecule has 0 saturated heterocycles. The van der Waals surface area contributed by atoms with Gasteiger partial charge in [0, 0.05) is 6.54 Å². The SMILES string of the molecule is O=C(CCl)C1c2ccccc2CCN1C(=O)C(F)(F)F. The van der Waals surface area contributed by atoms with Crippen molar-refractivity contribution in [2.45, 2.75) is 18.6 Å². The first-order valence-electron chi connectivity index (χ1n) is 5.90. The second-order valence-corrected chi connectivity index (χ2v) is 4.71. The number of amides is 1. The zero-order valence-electron chi connectivity index (χ0n) is 10.3. The monoisotopic (exact) mass is 305 g/mol. The Hall–Kier alpha value is -1.56. The van der Waals surface area contributed by atoms with E-state index in [0.717, 1.165) is 5.56 Å². The summed E-state index contributed by atoms with van der Waals surface area (Å²) >= 11 is 5.47. The third-order valence-electron chi connectivity index (χ3n) is 3.22. The van der Waals surface area contributed by atoms with Gasteiger partial charge < -0.3 is 4.90 Å². The Balaban J connectivity index is 2.45. The van der Waals surface area contributed by atoms with Crippen LogP contribution in [0, 0.1) is 0 Å². The van der Waals surface area contributed by atoms with E-state index in [9.17, 15) is 22.8 Å². The number of halogens is 4. The van der Waals surface area contributed by atoms with Crippen molar-refractivity contribution >= 4 is 23.3 Å². The first-order chi connectivity index (χ1) is 9.36. The van der Waals surface area contributed by atoms with Crippen molar-refractivity contribution in [1.29, 1.82) is 0 Å². The van der Waals surface area contributed by atoms with Crippen LogP contribution in [0.4, 0.5) is 13.2 Å². The molecule has 0 aliphatic carbocycles. The summed E-state index contributed by atoms with van der Waals surface area (Å²) in [6, 6.07) is 5.39. The minimum Gasteiger partial charge on any atom is -0.320 e. The fourth-order valence-corrected chi connectivity index (χ4v) is 2.51. The molecule has 1 aliphatic rings. The number of hydrogen-bond acceptors (Lipinski definition) is 2. The van der Waals surface area contributed by atoms with Gasteiger partial charge in [-0.25, -0.2) is 0 Å². The topological polar surface area (TPSA) is 37.4 Å². The molecule has 1 aliphatic heterocycles. The number of alkyl halides is 4. The summed E-state index contributed by atoms with van der Waals surface area (Å²) < 4.78 is 37.8. The predicted molar refractivity (Wildman–Crippen MR) is 66.4 cm³/mol. The third-order valence-corrected chi connectivity index (χ3v) is 3.49. The molecular weight excluding hydrogens is 295 g/mol. The maximum absolute atomic E-state index is 12.6. The molecule has 0 N–H and O–H groups in total. The molecule has 1 aromatic carbocycles. The van der Waals surface area contributed by atoms with E-state index in [0.29, 0.717) is 10.5 Å². The fraction of sp³-hybridized carbons (Fsp3) is 0.385. The van der Waals surface area contributed by atoms with Crippen molar-refractivity contribution < 1.29 is 22.8 Å². The average Bonchev–Trinajstić information content (AvgIpc) is 2.43. The van der Waals surface area contributed by atoms with Gasteiger partial charge >= 0.3 is 12.1 Å². The molecule has 1 unspecified atom stereocenters. The number of hydrogen-bond donors (Lipinski definition) is 0. The van der Waals surface area contributed by atoms with Crippen molar-refractivity contribution in [3.8, 4) is 0 Å². The van der Waals surface area contributed by atoms with Crippen molar-refractivity contribution in [1.82, 2.24) is 4.90 Å². The number of rotatable bonds is 2. The highest BCUT2D eigenvalue weighted by Crippen LogP contribution is 2.33. The lowest BCUT2D eigenvalue weighted by Gasteiger charge is -2.36. The van der Waals surface area contributed by atoms with Gasteiger partial charge in [-0.1, -0.05) is 24.3 Å². The van der Waals surface area contributed by atoms with E-state index in [1.807, 2.05) is 0 Å². The molecule has 20 heavy (non-hydrogen) atoms. The summed E-state index contributed by atoms with van der Waals surface area (Å²) in [4.78, 5) is 23.9. The molecule has 0 aromatic heterocycles. The zero-order valence-corrected chi connectivity index (χ0v) is 11.0. The molecule has 0 bridgehead atoms.